The zero-order chi connectivity index (χ0) is 22.8. The molecule has 2 bridgehead atoms. The van der Waals surface area contributed by atoms with Crippen molar-refractivity contribution >= 4 is 55.3 Å². The SMILES string of the molecule is CCCCCCCCCC(=O)Oc1cccc(N2C(=O)[C@H]3[C@@H]4C[C@H]([C@@H](Br)[C@H]4Br)[C@@H]3C2=O)c1. The quantitative estimate of drug-likeness (QED) is 0.114. The fraction of sp³-hybridized carbons (Fsp3) is 0.640. The molecule has 0 aromatic heterocycles. The number of rotatable bonds is 10. The van der Waals surface area contributed by atoms with E-state index in [-0.39, 0.29) is 51.1 Å². The van der Waals surface area contributed by atoms with E-state index in [0.717, 1.165) is 25.7 Å². The van der Waals surface area contributed by atoms with Gasteiger partial charge in [-0.3, -0.25) is 14.4 Å². The van der Waals surface area contributed by atoms with Gasteiger partial charge in [-0.15, -0.1) is 0 Å². The number of ether oxygens (including phenoxy) is 1. The van der Waals surface area contributed by atoms with Gasteiger partial charge < -0.3 is 4.74 Å². The van der Waals surface area contributed by atoms with Crippen molar-refractivity contribution in [2.45, 2.75) is 74.4 Å². The van der Waals surface area contributed by atoms with Gasteiger partial charge in [-0.05, 0) is 36.8 Å². The molecule has 1 aliphatic heterocycles. The third-order valence-corrected chi connectivity index (χ3v) is 10.5. The predicted molar refractivity (Wildman–Crippen MR) is 131 cm³/mol. The van der Waals surface area contributed by atoms with Crippen molar-refractivity contribution in [3.63, 3.8) is 0 Å². The molecule has 0 N–H and O–H groups in total. The van der Waals surface area contributed by atoms with Crippen molar-refractivity contribution in [1.82, 2.24) is 0 Å². The van der Waals surface area contributed by atoms with Crippen molar-refractivity contribution in [2.75, 3.05) is 4.90 Å². The second kappa shape index (κ2) is 10.4. The number of fused-ring (bicyclic) bond motifs is 5. The summed E-state index contributed by atoms with van der Waals surface area (Å²) < 4.78 is 5.51. The normalized spacial score (nSPS) is 30.8. The largest absolute Gasteiger partial charge is 0.426 e. The average Bonchev–Trinajstić information content (AvgIpc) is 3.38. The van der Waals surface area contributed by atoms with Crippen LogP contribution in [0.25, 0.3) is 0 Å². The molecule has 174 valence electrons. The van der Waals surface area contributed by atoms with Crippen LogP contribution in [0, 0.1) is 23.7 Å². The van der Waals surface area contributed by atoms with Gasteiger partial charge in [0.1, 0.15) is 5.75 Å². The number of amides is 2. The fourth-order valence-electron chi connectivity index (χ4n) is 5.70. The molecular formula is C25H31Br2NO4. The number of halogens is 2. The number of unbranched alkanes of at least 4 members (excludes halogenated alkanes) is 6. The van der Waals surface area contributed by atoms with Gasteiger partial charge in [0.2, 0.25) is 11.8 Å². The summed E-state index contributed by atoms with van der Waals surface area (Å²) in [5, 5.41) is 0. The number of hydrogen-bond donors (Lipinski definition) is 0. The minimum absolute atomic E-state index is 0.122. The molecule has 2 saturated carbocycles. The lowest BCUT2D eigenvalue weighted by molar-refractivity contribution is -0.134. The monoisotopic (exact) mass is 567 g/mol. The Bertz CT molecular complexity index is 843. The van der Waals surface area contributed by atoms with Crippen molar-refractivity contribution in [3.05, 3.63) is 24.3 Å². The Kier molecular flexibility index (Phi) is 7.76. The van der Waals surface area contributed by atoms with E-state index in [0.29, 0.717) is 17.9 Å². The molecule has 1 saturated heterocycles. The smallest absolute Gasteiger partial charge is 0.311 e. The number of alkyl halides is 2. The Balaban J connectivity index is 1.34. The molecule has 5 nitrogen and oxygen atoms in total. The first kappa shape index (κ1) is 23.9. The zero-order valence-corrected chi connectivity index (χ0v) is 21.6. The van der Waals surface area contributed by atoms with Crippen LogP contribution in [0.2, 0.25) is 0 Å². The molecule has 7 heteroatoms. The number of imide groups is 1. The van der Waals surface area contributed by atoms with Crippen LogP contribution in [0.3, 0.4) is 0 Å². The Hall–Kier alpha value is -1.21. The van der Waals surface area contributed by atoms with Crippen LogP contribution >= 0.6 is 31.9 Å². The van der Waals surface area contributed by atoms with E-state index in [2.05, 4.69) is 38.8 Å². The molecule has 0 spiro atoms. The van der Waals surface area contributed by atoms with Gasteiger partial charge in [-0.25, -0.2) is 4.90 Å². The van der Waals surface area contributed by atoms with E-state index >= 15 is 0 Å². The highest BCUT2D eigenvalue weighted by atomic mass is 79.9. The summed E-state index contributed by atoms with van der Waals surface area (Å²) in [6, 6.07) is 6.81. The molecule has 1 aromatic rings. The van der Waals surface area contributed by atoms with E-state index in [1.54, 1.807) is 24.3 Å². The molecule has 6 atom stereocenters. The zero-order valence-electron chi connectivity index (χ0n) is 18.5. The molecule has 3 aliphatic rings. The second-order valence-corrected chi connectivity index (χ2v) is 11.5. The Morgan fingerprint density at radius 3 is 2.19 bits per heavy atom. The van der Waals surface area contributed by atoms with Crippen molar-refractivity contribution in [3.8, 4) is 5.75 Å². The van der Waals surface area contributed by atoms with Crippen LogP contribution in [0.4, 0.5) is 5.69 Å². The number of nitrogens with zero attached hydrogens (tertiary/aromatic N) is 1. The van der Waals surface area contributed by atoms with Crippen LogP contribution in [-0.4, -0.2) is 27.4 Å². The molecule has 1 heterocycles. The number of carbonyl (C=O) groups is 3. The topological polar surface area (TPSA) is 63.7 Å². The van der Waals surface area contributed by atoms with E-state index in [1.807, 2.05) is 0 Å². The number of anilines is 1. The highest BCUT2D eigenvalue weighted by Crippen LogP contribution is 2.60. The van der Waals surface area contributed by atoms with Gasteiger partial charge in [-0.1, -0.05) is 83.4 Å². The van der Waals surface area contributed by atoms with Crippen LogP contribution in [0.1, 0.15) is 64.7 Å². The molecule has 0 unspecified atom stereocenters. The highest BCUT2D eigenvalue weighted by molar-refractivity contribution is 9.12. The van der Waals surface area contributed by atoms with E-state index in [1.165, 1.54) is 30.6 Å². The summed E-state index contributed by atoms with van der Waals surface area (Å²) in [5.74, 6) is -0.284. The van der Waals surface area contributed by atoms with Gasteiger partial charge in [0.15, 0.2) is 0 Å². The van der Waals surface area contributed by atoms with E-state index in [4.69, 9.17) is 4.74 Å². The van der Waals surface area contributed by atoms with E-state index in [9.17, 15) is 14.4 Å². The average molecular weight is 569 g/mol. The molecule has 2 aliphatic carbocycles. The van der Waals surface area contributed by atoms with Crippen molar-refractivity contribution < 1.29 is 19.1 Å². The first-order chi connectivity index (χ1) is 15.4. The van der Waals surface area contributed by atoms with Crippen LogP contribution in [0.15, 0.2) is 24.3 Å². The molecule has 32 heavy (non-hydrogen) atoms. The van der Waals surface area contributed by atoms with Gasteiger partial charge in [0, 0.05) is 22.1 Å². The maximum absolute atomic E-state index is 13.2. The van der Waals surface area contributed by atoms with Crippen molar-refractivity contribution in [1.29, 1.82) is 0 Å². The van der Waals surface area contributed by atoms with Crippen LogP contribution in [-0.2, 0) is 14.4 Å². The van der Waals surface area contributed by atoms with Gasteiger partial charge >= 0.3 is 5.97 Å². The number of hydrogen-bond acceptors (Lipinski definition) is 4. The molecule has 3 fully saturated rings. The summed E-state index contributed by atoms with van der Waals surface area (Å²) in [7, 11) is 0. The van der Waals surface area contributed by atoms with Crippen LogP contribution in [0.5, 0.6) is 5.75 Å². The maximum Gasteiger partial charge on any atom is 0.311 e. The molecule has 2 amide bonds. The van der Waals surface area contributed by atoms with E-state index < -0.39 is 0 Å². The van der Waals surface area contributed by atoms with Crippen LogP contribution < -0.4 is 9.64 Å². The molecule has 1 aromatic carbocycles. The lowest BCUT2D eigenvalue weighted by Crippen LogP contribution is -2.37. The maximum atomic E-state index is 13.2. The number of esters is 1. The fourth-order valence-corrected chi connectivity index (χ4v) is 7.57. The van der Waals surface area contributed by atoms with Gasteiger partial charge in [-0.2, -0.15) is 0 Å². The Labute approximate surface area is 206 Å². The molecule has 0 radical (unpaired) electrons. The summed E-state index contributed by atoms with van der Waals surface area (Å²) in [4.78, 5) is 40.4. The number of benzene rings is 1. The minimum Gasteiger partial charge on any atom is -0.426 e. The summed E-state index contributed by atoms with van der Waals surface area (Å²) in [6.45, 7) is 2.20. The second-order valence-electron chi connectivity index (χ2n) is 9.36. The third-order valence-electron chi connectivity index (χ3n) is 7.28. The standard InChI is InChI=1S/C25H31Br2NO4/c1-2-3-4-5-6-7-8-12-19(29)32-16-11-9-10-15(13-16)28-24(30)20-17-14-18(21(20)25(28)31)23(27)22(17)26/h9-11,13,17-18,20-23H,2-8,12,14H2,1H3/t17-,18-,20-,21-,22-,23+/m0/s1. The van der Waals surface area contributed by atoms with Gasteiger partial charge in [0.25, 0.3) is 0 Å². The predicted octanol–water partition coefficient (Wildman–Crippen LogP) is 6.02. The first-order valence-corrected chi connectivity index (χ1v) is 13.7. The third kappa shape index (κ3) is 4.56. The summed E-state index contributed by atoms with van der Waals surface area (Å²) in [6.07, 6.45) is 9.28. The number of carbonyl (C=O) groups excluding carboxylic acids is 3. The Morgan fingerprint density at radius 2 is 1.56 bits per heavy atom. The minimum atomic E-state index is -0.269. The Morgan fingerprint density at radius 1 is 0.969 bits per heavy atom. The highest BCUT2D eigenvalue weighted by Gasteiger charge is 2.66. The first-order valence-electron chi connectivity index (χ1n) is 11.9. The molecule has 4 rings (SSSR count). The van der Waals surface area contributed by atoms with Gasteiger partial charge in [0.05, 0.1) is 17.5 Å². The lowest BCUT2D eigenvalue weighted by atomic mass is 9.81. The summed E-state index contributed by atoms with van der Waals surface area (Å²) in [5.41, 5.74) is 0.493. The summed E-state index contributed by atoms with van der Waals surface area (Å²) >= 11 is 7.43. The lowest BCUT2D eigenvalue weighted by Gasteiger charge is -2.28. The molecular weight excluding hydrogens is 538 g/mol. The van der Waals surface area contributed by atoms with Crippen molar-refractivity contribution in [2.24, 2.45) is 23.7 Å².